The van der Waals surface area contributed by atoms with Gasteiger partial charge < -0.3 is 14.2 Å². The van der Waals surface area contributed by atoms with Crippen molar-refractivity contribution in [2.75, 3.05) is 25.2 Å². The Kier molecular flexibility index (Phi) is 9.99. The molecule has 7 nitrogen and oxygen atoms in total. The first kappa shape index (κ1) is 22.7. The standard InChI is InChI=1S/C21H29N3O4S/c1-4-7-8-11-28-18-10-9-16(12-19(18)26-5-2)14-22-24-21-23-17(15-29-21)13-20(25)27-6-3/h9-10,12,14-15H,4-8,11,13H2,1-3H3,(H,23,24)/b22-14-. The molecule has 0 amide bonds. The van der Waals surface area contributed by atoms with E-state index in [-0.39, 0.29) is 12.4 Å². The molecule has 8 heteroatoms. The predicted molar refractivity (Wildman–Crippen MR) is 116 cm³/mol. The fraction of sp³-hybridized carbons (Fsp3) is 0.476. The molecular formula is C21H29N3O4S. The molecular weight excluding hydrogens is 390 g/mol. The number of anilines is 1. The van der Waals surface area contributed by atoms with E-state index in [4.69, 9.17) is 14.2 Å². The Balaban J connectivity index is 1.93. The van der Waals surface area contributed by atoms with Crippen LogP contribution in [0.4, 0.5) is 5.13 Å². The molecule has 2 aromatic rings. The molecule has 0 aliphatic rings. The van der Waals surface area contributed by atoms with Gasteiger partial charge in [-0.25, -0.2) is 4.98 Å². The molecule has 0 unspecified atom stereocenters. The van der Waals surface area contributed by atoms with Crippen molar-refractivity contribution in [3.63, 3.8) is 0 Å². The lowest BCUT2D eigenvalue weighted by atomic mass is 10.2. The number of hydrogen-bond acceptors (Lipinski definition) is 8. The van der Waals surface area contributed by atoms with Crippen molar-refractivity contribution in [3.8, 4) is 11.5 Å². The van der Waals surface area contributed by atoms with E-state index >= 15 is 0 Å². The number of carbonyl (C=O) groups is 1. The van der Waals surface area contributed by atoms with Gasteiger partial charge in [-0.2, -0.15) is 5.10 Å². The first-order chi connectivity index (χ1) is 14.2. The Morgan fingerprint density at radius 2 is 2.03 bits per heavy atom. The van der Waals surface area contributed by atoms with Gasteiger partial charge in [-0.1, -0.05) is 19.8 Å². The molecule has 0 saturated carbocycles. The summed E-state index contributed by atoms with van der Waals surface area (Å²) in [5, 5.41) is 6.64. The molecule has 158 valence electrons. The predicted octanol–water partition coefficient (Wildman–Crippen LogP) is 4.66. The summed E-state index contributed by atoms with van der Waals surface area (Å²) in [4.78, 5) is 15.8. The highest BCUT2D eigenvalue weighted by atomic mass is 32.1. The van der Waals surface area contributed by atoms with E-state index in [0.29, 0.717) is 36.4 Å². The van der Waals surface area contributed by atoms with Gasteiger partial charge in [0.1, 0.15) is 0 Å². The fourth-order valence-corrected chi connectivity index (χ4v) is 3.15. The Morgan fingerprint density at radius 1 is 1.17 bits per heavy atom. The van der Waals surface area contributed by atoms with Crippen molar-refractivity contribution in [3.05, 3.63) is 34.8 Å². The summed E-state index contributed by atoms with van der Waals surface area (Å²) in [5.41, 5.74) is 4.43. The summed E-state index contributed by atoms with van der Waals surface area (Å²) in [6, 6.07) is 5.73. The second-order valence-electron chi connectivity index (χ2n) is 6.19. The van der Waals surface area contributed by atoms with E-state index in [1.807, 2.05) is 30.5 Å². The molecule has 1 heterocycles. The summed E-state index contributed by atoms with van der Waals surface area (Å²) in [6.07, 6.45) is 5.19. The third-order valence-corrected chi connectivity index (χ3v) is 4.63. The van der Waals surface area contributed by atoms with E-state index in [1.54, 1.807) is 13.1 Å². The molecule has 29 heavy (non-hydrogen) atoms. The third-order valence-electron chi connectivity index (χ3n) is 3.83. The first-order valence-corrected chi connectivity index (χ1v) is 10.8. The van der Waals surface area contributed by atoms with Crippen LogP contribution in [-0.2, 0) is 16.0 Å². The van der Waals surface area contributed by atoms with Crippen LogP contribution in [0.15, 0.2) is 28.7 Å². The van der Waals surface area contributed by atoms with Crippen LogP contribution in [0.1, 0.15) is 51.3 Å². The topological polar surface area (TPSA) is 82.0 Å². The Hall–Kier alpha value is -2.61. The fourth-order valence-electron chi connectivity index (χ4n) is 2.49. The van der Waals surface area contributed by atoms with Gasteiger partial charge >= 0.3 is 5.97 Å². The van der Waals surface area contributed by atoms with Crippen molar-refractivity contribution in [1.82, 2.24) is 4.98 Å². The van der Waals surface area contributed by atoms with Crippen LogP contribution in [0.25, 0.3) is 0 Å². The molecule has 2 rings (SSSR count). The van der Waals surface area contributed by atoms with Crippen LogP contribution in [0.5, 0.6) is 11.5 Å². The number of aromatic nitrogens is 1. The minimum Gasteiger partial charge on any atom is -0.490 e. The number of hydrazone groups is 1. The van der Waals surface area contributed by atoms with E-state index in [1.165, 1.54) is 11.3 Å². The summed E-state index contributed by atoms with van der Waals surface area (Å²) in [6.45, 7) is 7.50. The average molecular weight is 420 g/mol. The number of ether oxygens (including phenoxy) is 3. The van der Waals surface area contributed by atoms with Crippen molar-refractivity contribution >= 4 is 28.7 Å². The monoisotopic (exact) mass is 419 g/mol. The van der Waals surface area contributed by atoms with Crippen LogP contribution in [-0.4, -0.2) is 37.0 Å². The van der Waals surface area contributed by atoms with Gasteiger partial charge in [0.2, 0.25) is 5.13 Å². The molecule has 0 saturated heterocycles. The normalized spacial score (nSPS) is 10.9. The van der Waals surface area contributed by atoms with Crippen molar-refractivity contribution < 1.29 is 19.0 Å². The molecule has 0 atom stereocenters. The number of nitrogens with one attached hydrogen (secondary N) is 1. The summed E-state index contributed by atoms with van der Waals surface area (Å²) in [7, 11) is 0. The molecule has 0 bridgehead atoms. The lowest BCUT2D eigenvalue weighted by Gasteiger charge is -2.12. The SMILES string of the molecule is CCCCCOc1ccc(/C=N\Nc2nc(CC(=O)OCC)cs2)cc1OCC. The molecule has 1 aromatic heterocycles. The minimum absolute atomic E-state index is 0.160. The smallest absolute Gasteiger partial charge is 0.311 e. The van der Waals surface area contributed by atoms with Gasteiger partial charge in [0, 0.05) is 5.38 Å². The zero-order valence-corrected chi connectivity index (χ0v) is 18.1. The maximum absolute atomic E-state index is 11.5. The molecule has 0 spiro atoms. The molecule has 1 aromatic carbocycles. The third kappa shape index (κ3) is 8.11. The number of nitrogens with zero attached hydrogens (tertiary/aromatic N) is 2. The molecule has 1 N–H and O–H groups in total. The van der Waals surface area contributed by atoms with Crippen molar-refractivity contribution in [2.24, 2.45) is 5.10 Å². The van der Waals surface area contributed by atoms with Crippen LogP contribution < -0.4 is 14.9 Å². The Labute approximate surface area is 176 Å². The lowest BCUT2D eigenvalue weighted by Crippen LogP contribution is -2.07. The summed E-state index contributed by atoms with van der Waals surface area (Å²) in [5.74, 6) is 1.17. The Bertz CT molecular complexity index is 792. The summed E-state index contributed by atoms with van der Waals surface area (Å²) < 4.78 is 16.5. The number of benzene rings is 1. The van der Waals surface area contributed by atoms with E-state index < -0.39 is 0 Å². The maximum atomic E-state index is 11.5. The summed E-state index contributed by atoms with van der Waals surface area (Å²) >= 11 is 1.38. The van der Waals surface area contributed by atoms with Gasteiger partial charge in [-0.3, -0.25) is 10.2 Å². The molecule has 0 aliphatic carbocycles. The first-order valence-electron chi connectivity index (χ1n) is 9.95. The lowest BCUT2D eigenvalue weighted by molar-refractivity contribution is -0.142. The zero-order chi connectivity index (χ0) is 20.9. The average Bonchev–Trinajstić information content (AvgIpc) is 3.14. The van der Waals surface area contributed by atoms with Gasteiger partial charge in [-0.05, 0) is 44.0 Å². The van der Waals surface area contributed by atoms with E-state index in [9.17, 15) is 4.79 Å². The molecule has 0 radical (unpaired) electrons. The van der Waals surface area contributed by atoms with Gasteiger partial charge in [0.25, 0.3) is 0 Å². The number of esters is 1. The number of hydrogen-bond donors (Lipinski definition) is 1. The second-order valence-corrected chi connectivity index (χ2v) is 7.05. The van der Waals surface area contributed by atoms with E-state index in [0.717, 1.165) is 30.6 Å². The second kappa shape index (κ2) is 12.8. The number of rotatable bonds is 13. The highest BCUT2D eigenvalue weighted by Crippen LogP contribution is 2.28. The number of carbonyl (C=O) groups excluding carboxylic acids is 1. The van der Waals surface area contributed by atoms with Crippen LogP contribution in [0.3, 0.4) is 0 Å². The quantitative estimate of drug-likeness (QED) is 0.220. The van der Waals surface area contributed by atoms with Gasteiger partial charge in [0.05, 0.1) is 38.1 Å². The van der Waals surface area contributed by atoms with Crippen molar-refractivity contribution in [1.29, 1.82) is 0 Å². The largest absolute Gasteiger partial charge is 0.490 e. The van der Waals surface area contributed by atoms with Gasteiger partial charge in [0.15, 0.2) is 11.5 Å². The number of thiazole rings is 1. The maximum Gasteiger partial charge on any atom is 0.311 e. The van der Waals surface area contributed by atoms with Crippen LogP contribution in [0.2, 0.25) is 0 Å². The molecule has 0 fully saturated rings. The van der Waals surface area contributed by atoms with Crippen molar-refractivity contribution in [2.45, 2.75) is 46.5 Å². The molecule has 0 aliphatic heterocycles. The highest BCUT2D eigenvalue weighted by Gasteiger charge is 2.08. The van der Waals surface area contributed by atoms with Gasteiger partial charge in [-0.15, -0.1) is 11.3 Å². The van der Waals surface area contributed by atoms with Crippen LogP contribution in [0, 0.1) is 0 Å². The zero-order valence-electron chi connectivity index (χ0n) is 17.3. The Morgan fingerprint density at radius 3 is 2.79 bits per heavy atom. The highest BCUT2D eigenvalue weighted by molar-refractivity contribution is 7.13. The van der Waals surface area contributed by atoms with Crippen LogP contribution >= 0.6 is 11.3 Å². The minimum atomic E-state index is -0.284. The van der Waals surface area contributed by atoms with E-state index in [2.05, 4.69) is 22.4 Å². The number of unbranched alkanes of at least 4 members (excludes halogenated alkanes) is 2.